The molecule has 0 saturated carbocycles. The number of aromatic nitrogens is 3. The lowest BCUT2D eigenvalue weighted by molar-refractivity contribution is -0.123. The van der Waals surface area contributed by atoms with Gasteiger partial charge in [-0.3, -0.25) is 14.7 Å². The molecule has 0 bridgehead atoms. The molecule has 6 N–H and O–H groups in total. The van der Waals surface area contributed by atoms with E-state index >= 15 is 0 Å². The third kappa shape index (κ3) is 3.63. The Kier molecular flexibility index (Phi) is 4.29. The summed E-state index contributed by atoms with van der Waals surface area (Å²) in [5, 5.41) is 9.45. The molecule has 1 heterocycles. The van der Waals surface area contributed by atoms with Gasteiger partial charge in [-0.05, 0) is 19.1 Å². The molecule has 1 aromatic heterocycles. The van der Waals surface area contributed by atoms with Gasteiger partial charge in [0.05, 0.1) is 18.2 Å². The van der Waals surface area contributed by atoms with Crippen LogP contribution in [0.4, 0.5) is 5.69 Å². The van der Waals surface area contributed by atoms with E-state index in [0.717, 1.165) is 0 Å². The molecule has 2 aromatic rings. The van der Waals surface area contributed by atoms with Crippen LogP contribution in [0.3, 0.4) is 0 Å². The van der Waals surface area contributed by atoms with Crippen molar-refractivity contribution in [2.45, 2.75) is 19.4 Å². The standard InChI is InChI=1S/C13H16N6O2/c1-7-16-12(19-18-7)8-4-2-3-5-10(8)17-13(21)9(14)6-11(15)20/h2-5,9H,6,14H2,1H3,(H2,15,20)(H,17,21)(H,16,18,19). The lowest BCUT2D eigenvalue weighted by Gasteiger charge is -2.12. The summed E-state index contributed by atoms with van der Waals surface area (Å²) in [4.78, 5) is 27.0. The van der Waals surface area contributed by atoms with Crippen LogP contribution in [-0.2, 0) is 9.59 Å². The summed E-state index contributed by atoms with van der Waals surface area (Å²) in [6.07, 6.45) is -0.215. The van der Waals surface area contributed by atoms with Gasteiger partial charge in [-0.2, -0.15) is 5.10 Å². The molecule has 8 heteroatoms. The number of carbonyl (C=O) groups is 2. The molecule has 0 aliphatic heterocycles. The minimum absolute atomic E-state index is 0.215. The Morgan fingerprint density at radius 3 is 2.71 bits per heavy atom. The minimum atomic E-state index is -0.996. The Labute approximate surface area is 120 Å². The van der Waals surface area contributed by atoms with E-state index in [2.05, 4.69) is 20.5 Å². The molecule has 0 aliphatic carbocycles. The number of benzene rings is 1. The van der Waals surface area contributed by atoms with Crippen molar-refractivity contribution in [3.63, 3.8) is 0 Å². The highest BCUT2D eigenvalue weighted by molar-refractivity contribution is 5.99. The van der Waals surface area contributed by atoms with Crippen molar-refractivity contribution >= 4 is 17.5 Å². The van der Waals surface area contributed by atoms with Crippen LogP contribution in [0.25, 0.3) is 11.4 Å². The fourth-order valence-corrected chi connectivity index (χ4v) is 1.79. The van der Waals surface area contributed by atoms with Crippen LogP contribution in [-0.4, -0.2) is 33.0 Å². The van der Waals surface area contributed by atoms with Crippen LogP contribution in [0.1, 0.15) is 12.2 Å². The summed E-state index contributed by atoms with van der Waals surface area (Å²) in [6, 6.07) is 6.05. The van der Waals surface area contributed by atoms with Gasteiger partial charge < -0.3 is 16.8 Å². The second kappa shape index (κ2) is 6.14. The maximum atomic E-state index is 11.9. The number of aromatic amines is 1. The largest absolute Gasteiger partial charge is 0.370 e. The van der Waals surface area contributed by atoms with Gasteiger partial charge in [0.2, 0.25) is 11.8 Å². The predicted molar refractivity (Wildman–Crippen MR) is 77.0 cm³/mol. The number of rotatable bonds is 5. The van der Waals surface area contributed by atoms with Gasteiger partial charge in [-0.15, -0.1) is 0 Å². The van der Waals surface area contributed by atoms with Gasteiger partial charge in [-0.1, -0.05) is 12.1 Å². The zero-order valence-corrected chi connectivity index (χ0v) is 11.5. The first-order valence-corrected chi connectivity index (χ1v) is 6.30. The normalized spacial score (nSPS) is 11.9. The Hall–Kier alpha value is -2.74. The van der Waals surface area contributed by atoms with Crippen molar-refractivity contribution in [2.24, 2.45) is 11.5 Å². The summed E-state index contributed by atoms with van der Waals surface area (Å²) in [5.74, 6) is 0.00691. The molecule has 0 saturated heterocycles. The topological polar surface area (TPSA) is 140 Å². The maximum absolute atomic E-state index is 11.9. The fourth-order valence-electron chi connectivity index (χ4n) is 1.79. The van der Waals surface area contributed by atoms with Crippen LogP contribution < -0.4 is 16.8 Å². The highest BCUT2D eigenvalue weighted by Crippen LogP contribution is 2.24. The number of nitrogens with zero attached hydrogens (tertiary/aromatic N) is 2. The molecule has 2 rings (SSSR count). The minimum Gasteiger partial charge on any atom is -0.370 e. The summed E-state index contributed by atoms with van der Waals surface area (Å²) in [6.45, 7) is 1.78. The molecule has 0 spiro atoms. The average molecular weight is 288 g/mol. The van der Waals surface area contributed by atoms with Crippen molar-refractivity contribution in [2.75, 3.05) is 5.32 Å². The Balaban J connectivity index is 2.21. The van der Waals surface area contributed by atoms with E-state index in [1.54, 1.807) is 31.2 Å². The van der Waals surface area contributed by atoms with Crippen molar-refractivity contribution in [3.8, 4) is 11.4 Å². The van der Waals surface area contributed by atoms with Gasteiger partial charge in [0, 0.05) is 5.56 Å². The monoisotopic (exact) mass is 288 g/mol. The van der Waals surface area contributed by atoms with Gasteiger partial charge in [-0.25, -0.2) is 4.98 Å². The van der Waals surface area contributed by atoms with Crippen LogP contribution >= 0.6 is 0 Å². The highest BCUT2D eigenvalue weighted by Gasteiger charge is 2.18. The molecule has 21 heavy (non-hydrogen) atoms. The molecule has 1 unspecified atom stereocenters. The van der Waals surface area contributed by atoms with Crippen molar-refractivity contribution in [3.05, 3.63) is 30.1 Å². The summed E-state index contributed by atoms with van der Waals surface area (Å²) >= 11 is 0. The third-order valence-corrected chi connectivity index (χ3v) is 2.78. The number of H-pyrrole nitrogens is 1. The molecule has 0 fully saturated rings. The summed E-state index contributed by atoms with van der Waals surface area (Å²) < 4.78 is 0. The number of para-hydroxylation sites is 1. The van der Waals surface area contributed by atoms with Gasteiger partial charge in [0.1, 0.15) is 5.82 Å². The van der Waals surface area contributed by atoms with Crippen molar-refractivity contribution in [1.82, 2.24) is 15.2 Å². The zero-order valence-electron chi connectivity index (χ0n) is 11.5. The van der Waals surface area contributed by atoms with Crippen molar-refractivity contribution in [1.29, 1.82) is 0 Å². The van der Waals surface area contributed by atoms with Crippen LogP contribution in [0.2, 0.25) is 0 Å². The van der Waals surface area contributed by atoms with Crippen molar-refractivity contribution < 1.29 is 9.59 Å². The van der Waals surface area contributed by atoms with E-state index in [9.17, 15) is 9.59 Å². The number of anilines is 1. The van der Waals surface area contributed by atoms with Gasteiger partial charge in [0.15, 0.2) is 5.82 Å². The predicted octanol–water partition coefficient (Wildman–Crippen LogP) is -0.0787. The number of hydrogen-bond acceptors (Lipinski definition) is 5. The second-order valence-corrected chi connectivity index (χ2v) is 4.56. The highest BCUT2D eigenvalue weighted by atomic mass is 16.2. The number of nitrogens with one attached hydrogen (secondary N) is 2. The van der Waals surface area contributed by atoms with E-state index in [0.29, 0.717) is 22.9 Å². The van der Waals surface area contributed by atoms with Crippen LogP contribution in [0.5, 0.6) is 0 Å². The Morgan fingerprint density at radius 1 is 1.38 bits per heavy atom. The van der Waals surface area contributed by atoms with Crippen LogP contribution in [0.15, 0.2) is 24.3 Å². The molecule has 110 valence electrons. The summed E-state index contributed by atoms with van der Waals surface area (Å²) in [5.41, 5.74) is 11.8. The maximum Gasteiger partial charge on any atom is 0.241 e. The quantitative estimate of drug-likeness (QED) is 0.609. The SMILES string of the molecule is Cc1nc(-c2ccccc2NC(=O)C(N)CC(N)=O)n[nH]1. The van der Waals surface area contributed by atoms with E-state index in [1.807, 2.05) is 0 Å². The number of primary amides is 1. The fraction of sp³-hybridized carbons (Fsp3) is 0.231. The third-order valence-electron chi connectivity index (χ3n) is 2.78. The number of nitrogens with two attached hydrogens (primary N) is 2. The molecular weight excluding hydrogens is 272 g/mol. The average Bonchev–Trinajstić information content (AvgIpc) is 2.85. The number of hydrogen-bond donors (Lipinski definition) is 4. The number of carbonyl (C=O) groups excluding carboxylic acids is 2. The Bertz CT molecular complexity index is 666. The lowest BCUT2D eigenvalue weighted by atomic mass is 10.1. The van der Waals surface area contributed by atoms with E-state index in [-0.39, 0.29) is 6.42 Å². The molecule has 8 nitrogen and oxygen atoms in total. The molecular formula is C13H16N6O2. The lowest BCUT2D eigenvalue weighted by Crippen LogP contribution is -2.39. The molecule has 0 aliphatic rings. The molecule has 1 atom stereocenters. The van der Waals surface area contributed by atoms with Gasteiger partial charge >= 0.3 is 0 Å². The zero-order chi connectivity index (χ0) is 15.4. The first kappa shape index (κ1) is 14.7. The van der Waals surface area contributed by atoms with Gasteiger partial charge in [0.25, 0.3) is 0 Å². The second-order valence-electron chi connectivity index (χ2n) is 4.56. The first-order valence-electron chi connectivity index (χ1n) is 6.30. The summed E-state index contributed by atoms with van der Waals surface area (Å²) in [7, 11) is 0. The first-order chi connectivity index (χ1) is 9.97. The molecule has 2 amide bonds. The van der Waals surface area contributed by atoms with Crippen LogP contribution in [0, 0.1) is 6.92 Å². The smallest absolute Gasteiger partial charge is 0.241 e. The van der Waals surface area contributed by atoms with E-state index < -0.39 is 17.9 Å². The van der Waals surface area contributed by atoms with E-state index in [4.69, 9.17) is 11.5 Å². The number of amides is 2. The Morgan fingerprint density at radius 2 is 2.10 bits per heavy atom. The molecule has 0 radical (unpaired) electrons. The number of aryl methyl sites for hydroxylation is 1. The molecule has 1 aromatic carbocycles. The van der Waals surface area contributed by atoms with E-state index in [1.165, 1.54) is 0 Å².